The van der Waals surface area contributed by atoms with E-state index in [0.717, 1.165) is 18.3 Å². The molecule has 0 saturated heterocycles. The van der Waals surface area contributed by atoms with Crippen LogP contribution in [0.4, 0.5) is 0 Å². The van der Waals surface area contributed by atoms with Gasteiger partial charge in [-0.2, -0.15) is 0 Å². The zero-order chi connectivity index (χ0) is 13.2. The maximum atomic E-state index is 6.65. The minimum Gasteiger partial charge on any atom is -0.325 e. The topological polar surface area (TPSA) is 26.0 Å². The van der Waals surface area contributed by atoms with Gasteiger partial charge >= 0.3 is 0 Å². The largest absolute Gasteiger partial charge is 0.325 e. The van der Waals surface area contributed by atoms with Crippen molar-refractivity contribution in [2.24, 2.45) is 17.6 Å². The van der Waals surface area contributed by atoms with E-state index in [1.165, 1.54) is 40.8 Å². The molecule has 0 aliphatic heterocycles. The highest BCUT2D eigenvalue weighted by Crippen LogP contribution is 2.36. The molecule has 3 heteroatoms. The van der Waals surface area contributed by atoms with Crippen LogP contribution in [0.25, 0.3) is 0 Å². The van der Waals surface area contributed by atoms with Gasteiger partial charge in [-0.25, -0.2) is 0 Å². The first-order valence-electron chi connectivity index (χ1n) is 7.02. The van der Waals surface area contributed by atoms with Crippen LogP contribution in [0.1, 0.15) is 50.8 Å². The molecule has 1 aliphatic carbocycles. The molecular weight excluding hydrogens is 306 g/mol. The van der Waals surface area contributed by atoms with Crippen LogP contribution in [0.15, 0.2) is 15.9 Å². The molecule has 1 aromatic rings. The number of hydrogen-bond donors (Lipinski definition) is 1. The van der Waals surface area contributed by atoms with E-state index < -0.39 is 0 Å². The molecule has 18 heavy (non-hydrogen) atoms. The summed E-state index contributed by atoms with van der Waals surface area (Å²) in [6.45, 7) is 4.70. The zero-order valence-corrected chi connectivity index (χ0v) is 13.8. The first-order valence-corrected chi connectivity index (χ1v) is 8.62. The Morgan fingerprint density at radius 2 is 2.17 bits per heavy atom. The third kappa shape index (κ3) is 3.82. The molecule has 2 rings (SSSR count). The Balaban J connectivity index is 1.98. The quantitative estimate of drug-likeness (QED) is 0.777. The number of thiophene rings is 1. The second-order valence-electron chi connectivity index (χ2n) is 6.18. The SMILES string of the molecule is CC(C)C1CCCC(N)(Cc2ccc(Br)s2)CC1. The predicted octanol–water partition coefficient (Wildman–Crippen LogP) is 4.99. The summed E-state index contributed by atoms with van der Waals surface area (Å²) < 4.78 is 1.22. The molecule has 1 fully saturated rings. The standard InChI is InChI=1S/C15H24BrNS/c1-11(2)12-4-3-8-15(17,9-7-12)10-13-5-6-14(16)18-13/h5-6,11-12H,3-4,7-10,17H2,1-2H3. The Morgan fingerprint density at radius 1 is 1.39 bits per heavy atom. The van der Waals surface area contributed by atoms with Crippen LogP contribution in [0.5, 0.6) is 0 Å². The van der Waals surface area contributed by atoms with Crippen molar-refractivity contribution in [1.82, 2.24) is 0 Å². The van der Waals surface area contributed by atoms with Crippen LogP contribution in [0, 0.1) is 11.8 Å². The van der Waals surface area contributed by atoms with Crippen LogP contribution in [0.2, 0.25) is 0 Å². The van der Waals surface area contributed by atoms with Crippen molar-refractivity contribution >= 4 is 27.3 Å². The van der Waals surface area contributed by atoms with Crippen LogP contribution >= 0.6 is 27.3 Å². The molecule has 2 N–H and O–H groups in total. The summed E-state index contributed by atoms with van der Waals surface area (Å²) in [5, 5.41) is 0. The zero-order valence-electron chi connectivity index (χ0n) is 11.4. The molecule has 1 aromatic heterocycles. The monoisotopic (exact) mass is 329 g/mol. The Labute approximate surface area is 123 Å². The van der Waals surface area contributed by atoms with Crippen LogP contribution in [-0.2, 0) is 6.42 Å². The fourth-order valence-corrected chi connectivity index (χ4v) is 4.73. The van der Waals surface area contributed by atoms with E-state index in [1.807, 2.05) is 11.3 Å². The molecule has 1 aliphatic rings. The highest BCUT2D eigenvalue weighted by molar-refractivity contribution is 9.11. The third-order valence-corrected chi connectivity index (χ3v) is 5.98. The van der Waals surface area contributed by atoms with Crippen molar-refractivity contribution < 1.29 is 0 Å². The summed E-state index contributed by atoms with van der Waals surface area (Å²) in [7, 11) is 0. The molecule has 0 amide bonds. The Kier molecular flexibility index (Phi) is 4.90. The Morgan fingerprint density at radius 3 is 2.78 bits per heavy atom. The lowest BCUT2D eigenvalue weighted by Gasteiger charge is -2.28. The van der Waals surface area contributed by atoms with Crippen molar-refractivity contribution in [3.05, 3.63) is 20.8 Å². The van der Waals surface area contributed by atoms with E-state index in [9.17, 15) is 0 Å². The number of halogens is 1. The maximum absolute atomic E-state index is 6.65. The molecule has 0 bridgehead atoms. The lowest BCUT2D eigenvalue weighted by atomic mass is 9.85. The molecule has 2 unspecified atom stereocenters. The number of rotatable bonds is 3. The van der Waals surface area contributed by atoms with Crippen molar-refractivity contribution in [1.29, 1.82) is 0 Å². The molecule has 2 atom stereocenters. The van der Waals surface area contributed by atoms with Gasteiger partial charge in [-0.1, -0.05) is 26.7 Å². The van der Waals surface area contributed by atoms with Gasteiger partial charge in [0.1, 0.15) is 0 Å². The molecule has 0 radical (unpaired) electrons. The molecule has 0 spiro atoms. The fourth-order valence-electron chi connectivity index (χ4n) is 3.10. The third-order valence-electron chi connectivity index (χ3n) is 4.36. The summed E-state index contributed by atoms with van der Waals surface area (Å²) >= 11 is 5.37. The minimum absolute atomic E-state index is 0.0356. The predicted molar refractivity (Wildman–Crippen MR) is 84.1 cm³/mol. The highest BCUT2D eigenvalue weighted by atomic mass is 79.9. The summed E-state index contributed by atoms with van der Waals surface area (Å²) in [6.07, 6.45) is 7.39. The van der Waals surface area contributed by atoms with Crippen LogP contribution < -0.4 is 5.73 Å². The van der Waals surface area contributed by atoms with E-state index in [1.54, 1.807) is 0 Å². The van der Waals surface area contributed by atoms with Gasteiger partial charge in [0.05, 0.1) is 3.79 Å². The van der Waals surface area contributed by atoms with Gasteiger partial charge in [-0.05, 0) is 65.6 Å². The van der Waals surface area contributed by atoms with Gasteiger partial charge in [0.15, 0.2) is 0 Å². The molecule has 1 heterocycles. The van der Waals surface area contributed by atoms with E-state index in [-0.39, 0.29) is 5.54 Å². The molecule has 1 saturated carbocycles. The van der Waals surface area contributed by atoms with Crippen molar-refractivity contribution in [2.75, 3.05) is 0 Å². The minimum atomic E-state index is 0.0356. The summed E-state index contributed by atoms with van der Waals surface area (Å²) in [5.74, 6) is 1.69. The Bertz CT molecular complexity index is 388. The average molecular weight is 330 g/mol. The molecule has 0 aromatic carbocycles. The van der Waals surface area contributed by atoms with Gasteiger partial charge in [0.25, 0.3) is 0 Å². The van der Waals surface area contributed by atoms with Gasteiger partial charge in [-0.15, -0.1) is 11.3 Å². The second kappa shape index (κ2) is 6.06. The van der Waals surface area contributed by atoms with Crippen molar-refractivity contribution in [3.8, 4) is 0 Å². The summed E-state index contributed by atoms with van der Waals surface area (Å²) in [6, 6.07) is 4.35. The van der Waals surface area contributed by atoms with E-state index in [0.29, 0.717) is 0 Å². The van der Waals surface area contributed by atoms with Crippen LogP contribution in [-0.4, -0.2) is 5.54 Å². The van der Waals surface area contributed by atoms with Gasteiger partial charge in [-0.3, -0.25) is 0 Å². The number of nitrogens with two attached hydrogens (primary N) is 1. The molecule has 1 nitrogen and oxygen atoms in total. The van der Waals surface area contributed by atoms with E-state index in [2.05, 4.69) is 41.9 Å². The average Bonchev–Trinajstić information content (AvgIpc) is 2.58. The first kappa shape index (κ1) is 14.5. The summed E-state index contributed by atoms with van der Waals surface area (Å²) in [4.78, 5) is 1.42. The van der Waals surface area contributed by atoms with Crippen molar-refractivity contribution in [3.63, 3.8) is 0 Å². The van der Waals surface area contributed by atoms with Crippen LogP contribution in [0.3, 0.4) is 0 Å². The second-order valence-corrected chi connectivity index (χ2v) is 8.73. The number of hydrogen-bond acceptors (Lipinski definition) is 2. The van der Waals surface area contributed by atoms with Gasteiger partial charge in [0.2, 0.25) is 0 Å². The maximum Gasteiger partial charge on any atom is 0.0701 e. The lowest BCUT2D eigenvalue weighted by Crippen LogP contribution is -2.41. The lowest BCUT2D eigenvalue weighted by molar-refractivity contribution is 0.322. The van der Waals surface area contributed by atoms with Crippen molar-refractivity contribution in [2.45, 2.75) is 57.9 Å². The summed E-state index contributed by atoms with van der Waals surface area (Å²) in [5.41, 5.74) is 6.69. The highest BCUT2D eigenvalue weighted by Gasteiger charge is 2.30. The molecule has 102 valence electrons. The van der Waals surface area contributed by atoms with E-state index in [4.69, 9.17) is 5.73 Å². The van der Waals surface area contributed by atoms with E-state index >= 15 is 0 Å². The Hall–Kier alpha value is 0.140. The van der Waals surface area contributed by atoms with Gasteiger partial charge < -0.3 is 5.73 Å². The van der Waals surface area contributed by atoms with Gasteiger partial charge in [0, 0.05) is 10.4 Å². The fraction of sp³-hybridized carbons (Fsp3) is 0.733. The molecular formula is C15H24BrNS. The smallest absolute Gasteiger partial charge is 0.0701 e. The first-order chi connectivity index (χ1) is 8.48. The normalized spacial score (nSPS) is 29.5.